The summed E-state index contributed by atoms with van der Waals surface area (Å²) in [6, 6.07) is 3.65. The van der Waals surface area contributed by atoms with E-state index < -0.39 is 0 Å². The van der Waals surface area contributed by atoms with Crippen molar-refractivity contribution in [2.75, 3.05) is 0 Å². The van der Waals surface area contributed by atoms with Crippen molar-refractivity contribution in [1.29, 1.82) is 0 Å². The second-order valence-electron chi connectivity index (χ2n) is 3.62. The van der Waals surface area contributed by atoms with E-state index in [2.05, 4.69) is 15.2 Å². The molecule has 15 heavy (non-hydrogen) atoms. The lowest BCUT2D eigenvalue weighted by Gasteiger charge is -1.88. The molecule has 5 heteroatoms. The monoisotopic (exact) mass is 219 g/mol. The number of rotatable bonds is 3. The van der Waals surface area contributed by atoms with Crippen LogP contribution in [-0.4, -0.2) is 21.0 Å². The highest BCUT2D eigenvalue weighted by atomic mass is 32.1. The van der Waals surface area contributed by atoms with Crippen LogP contribution in [0.25, 0.3) is 0 Å². The molecule has 3 rings (SSSR count). The van der Waals surface area contributed by atoms with Crippen molar-refractivity contribution in [2.24, 2.45) is 0 Å². The summed E-state index contributed by atoms with van der Waals surface area (Å²) in [7, 11) is 0. The molecule has 0 aliphatic heterocycles. The summed E-state index contributed by atoms with van der Waals surface area (Å²) < 4.78 is 0. The van der Waals surface area contributed by atoms with Crippen molar-refractivity contribution >= 4 is 17.1 Å². The van der Waals surface area contributed by atoms with Crippen molar-refractivity contribution in [2.45, 2.75) is 18.8 Å². The first-order valence-corrected chi connectivity index (χ1v) is 5.73. The number of ketones is 1. The average Bonchev–Trinajstić information content (AvgIpc) is 2.83. The molecule has 4 nitrogen and oxygen atoms in total. The van der Waals surface area contributed by atoms with E-state index in [1.807, 2.05) is 11.4 Å². The van der Waals surface area contributed by atoms with Gasteiger partial charge < -0.3 is 0 Å². The number of carbonyl (C=O) groups excluding carboxylic acids is 1. The molecule has 0 unspecified atom stereocenters. The highest BCUT2D eigenvalue weighted by molar-refractivity contribution is 7.12. The van der Waals surface area contributed by atoms with Crippen LogP contribution in [-0.2, 0) is 0 Å². The summed E-state index contributed by atoms with van der Waals surface area (Å²) in [6.07, 6.45) is 2.31. The third-order valence-corrected chi connectivity index (χ3v) is 3.28. The first-order chi connectivity index (χ1) is 7.34. The second-order valence-corrected chi connectivity index (χ2v) is 4.57. The average molecular weight is 219 g/mol. The zero-order valence-electron chi connectivity index (χ0n) is 7.93. The van der Waals surface area contributed by atoms with Gasteiger partial charge in [0.1, 0.15) is 5.82 Å². The van der Waals surface area contributed by atoms with Crippen LogP contribution in [0.3, 0.4) is 0 Å². The molecule has 0 saturated heterocycles. The molecule has 2 aromatic heterocycles. The molecule has 0 amide bonds. The molecule has 1 aliphatic carbocycles. The van der Waals surface area contributed by atoms with Crippen molar-refractivity contribution in [1.82, 2.24) is 15.2 Å². The molecule has 0 aromatic carbocycles. The van der Waals surface area contributed by atoms with Crippen molar-refractivity contribution in [3.05, 3.63) is 34.0 Å². The fourth-order valence-electron chi connectivity index (χ4n) is 1.43. The zero-order valence-corrected chi connectivity index (χ0v) is 8.75. The topological polar surface area (TPSA) is 58.6 Å². The molecular formula is C10H9N3OS. The van der Waals surface area contributed by atoms with Gasteiger partial charge in [-0.3, -0.25) is 9.89 Å². The van der Waals surface area contributed by atoms with Gasteiger partial charge in [-0.1, -0.05) is 6.07 Å². The Morgan fingerprint density at radius 2 is 2.40 bits per heavy atom. The fraction of sp³-hybridized carbons (Fsp3) is 0.300. The first-order valence-electron chi connectivity index (χ1n) is 4.85. The Morgan fingerprint density at radius 1 is 1.53 bits per heavy atom. The van der Waals surface area contributed by atoms with Crippen LogP contribution in [0.4, 0.5) is 0 Å². The predicted molar refractivity (Wildman–Crippen MR) is 56.1 cm³/mol. The van der Waals surface area contributed by atoms with E-state index in [1.54, 1.807) is 6.07 Å². The summed E-state index contributed by atoms with van der Waals surface area (Å²) in [5, 5.41) is 8.66. The molecule has 76 valence electrons. The molecule has 1 N–H and O–H groups in total. The van der Waals surface area contributed by atoms with Gasteiger partial charge in [-0.2, -0.15) is 0 Å². The van der Waals surface area contributed by atoms with Crippen LogP contribution >= 0.6 is 11.3 Å². The molecule has 1 aliphatic rings. The Bertz CT molecular complexity index is 485. The number of thiophene rings is 1. The Labute approximate surface area is 90.4 Å². The van der Waals surface area contributed by atoms with Gasteiger partial charge in [0.15, 0.2) is 0 Å². The number of aromatic amines is 1. The molecule has 0 radical (unpaired) electrons. The molecule has 1 fully saturated rings. The molecule has 2 aromatic rings. The minimum Gasteiger partial charge on any atom is -0.284 e. The second kappa shape index (κ2) is 3.27. The lowest BCUT2D eigenvalue weighted by molar-refractivity contribution is 0.103. The van der Waals surface area contributed by atoms with Gasteiger partial charge in [0.25, 0.3) is 0 Å². The van der Waals surface area contributed by atoms with Crippen molar-refractivity contribution in [3.8, 4) is 0 Å². The minimum atomic E-state index is -0.0897. The van der Waals surface area contributed by atoms with Gasteiger partial charge in [0.05, 0.1) is 4.88 Å². The maximum Gasteiger partial charge on any atom is 0.241 e. The number of aromatic nitrogens is 3. The van der Waals surface area contributed by atoms with Crippen LogP contribution in [0.5, 0.6) is 0 Å². The molecule has 2 heterocycles. The van der Waals surface area contributed by atoms with E-state index >= 15 is 0 Å². The summed E-state index contributed by atoms with van der Waals surface area (Å²) in [5.74, 6) is 1.56. The van der Waals surface area contributed by atoms with Crippen molar-refractivity contribution < 1.29 is 4.79 Å². The highest BCUT2D eigenvalue weighted by Gasteiger charge is 2.28. The lowest BCUT2D eigenvalue weighted by Crippen LogP contribution is -2.01. The molecule has 0 bridgehead atoms. The molecule has 1 saturated carbocycles. The van der Waals surface area contributed by atoms with Crippen LogP contribution < -0.4 is 0 Å². The van der Waals surface area contributed by atoms with E-state index in [-0.39, 0.29) is 5.78 Å². The number of hydrogen-bond acceptors (Lipinski definition) is 4. The number of nitrogens with one attached hydrogen (secondary N) is 1. The summed E-state index contributed by atoms with van der Waals surface area (Å²) >= 11 is 1.42. The number of H-pyrrole nitrogens is 1. The minimum absolute atomic E-state index is 0.0897. The largest absolute Gasteiger partial charge is 0.284 e. The third kappa shape index (κ3) is 1.59. The van der Waals surface area contributed by atoms with Gasteiger partial charge in [-0.15, -0.1) is 16.4 Å². The Morgan fingerprint density at radius 3 is 3.07 bits per heavy atom. The third-order valence-electron chi connectivity index (χ3n) is 2.41. The molecular weight excluding hydrogens is 210 g/mol. The summed E-state index contributed by atoms with van der Waals surface area (Å²) in [6.45, 7) is 0. The van der Waals surface area contributed by atoms with E-state index in [0.717, 1.165) is 18.7 Å². The van der Waals surface area contributed by atoms with Gasteiger partial charge in [-0.25, -0.2) is 4.98 Å². The normalized spacial score (nSPS) is 15.5. The van der Waals surface area contributed by atoms with Crippen molar-refractivity contribution in [3.63, 3.8) is 0 Å². The van der Waals surface area contributed by atoms with E-state index in [4.69, 9.17) is 0 Å². The summed E-state index contributed by atoms with van der Waals surface area (Å²) in [5.41, 5.74) is 0. The smallest absolute Gasteiger partial charge is 0.241 e. The standard InChI is InChI=1S/C10H9N3OS/c14-8(7-2-1-5-15-7)10-11-9(12-13-10)6-3-4-6/h1-2,5-6H,3-4H2,(H,11,12,13). The first kappa shape index (κ1) is 8.79. The van der Waals surface area contributed by atoms with Gasteiger partial charge in [-0.05, 0) is 24.3 Å². The quantitative estimate of drug-likeness (QED) is 0.803. The predicted octanol–water partition coefficient (Wildman–Crippen LogP) is 1.97. The van der Waals surface area contributed by atoms with E-state index in [0.29, 0.717) is 16.6 Å². The Balaban J connectivity index is 1.89. The van der Waals surface area contributed by atoms with Crippen LogP contribution in [0.15, 0.2) is 17.5 Å². The number of nitrogens with zero attached hydrogens (tertiary/aromatic N) is 2. The fourth-order valence-corrected chi connectivity index (χ4v) is 2.09. The lowest BCUT2D eigenvalue weighted by atomic mass is 10.3. The van der Waals surface area contributed by atoms with Gasteiger partial charge in [0, 0.05) is 5.92 Å². The van der Waals surface area contributed by atoms with E-state index in [9.17, 15) is 4.79 Å². The molecule has 0 atom stereocenters. The highest BCUT2D eigenvalue weighted by Crippen LogP contribution is 2.37. The van der Waals surface area contributed by atoms with Crippen LogP contribution in [0.1, 0.15) is 40.1 Å². The number of hydrogen-bond donors (Lipinski definition) is 1. The Hall–Kier alpha value is -1.49. The van der Waals surface area contributed by atoms with Gasteiger partial charge >= 0.3 is 0 Å². The zero-order chi connectivity index (χ0) is 10.3. The van der Waals surface area contributed by atoms with Crippen LogP contribution in [0.2, 0.25) is 0 Å². The SMILES string of the molecule is O=C(c1n[nH]c(C2CC2)n1)c1cccs1. The maximum absolute atomic E-state index is 11.8. The number of carbonyl (C=O) groups is 1. The van der Waals surface area contributed by atoms with Gasteiger partial charge in [0.2, 0.25) is 11.6 Å². The molecule has 0 spiro atoms. The summed E-state index contributed by atoms with van der Waals surface area (Å²) in [4.78, 5) is 16.7. The maximum atomic E-state index is 11.8. The van der Waals surface area contributed by atoms with E-state index in [1.165, 1.54) is 11.3 Å². The Kier molecular flexibility index (Phi) is 1.92. The van der Waals surface area contributed by atoms with Crippen LogP contribution in [0, 0.1) is 0 Å².